The summed E-state index contributed by atoms with van der Waals surface area (Å²) in [5.41, 5.74) is 1.32. The van der Waals surface area contributed by atoms with Gasteiger partial charge in [0.15, 0.2) is 12.1 Å². The molecule has 6 heteroatoms. The summed E-state index contributed by atoms with van der Waals surface area (Å²) in [6.07, 6.45) is 3.51. The van der Waals surface area contributed by atoms with Crippen LogP contribution in [0.1, 0.15) is 65.5 Å². The van der Waals surface area contributed by atoms with Crippen molar-refractivity contribution in [3.8, 4) is 0 Å². The first-order valence-electron chi connectivity index (χ1n) is 6.81. The Kier molecular flexibility index (Phi) is 3.56. The van der Waals surface area contributed by atoms with E-state index in [4.69, 9.17) is 4.42 Å². The van der Waals surface area contributed by atoms with Gasteiger partial charge in [0.1, 0.15) is 5.76 Å². The fraction of sp³-hybridized carbons (Fsp3) is 0.500. The summed E-state index contributed by atoms with van der Waals surface area (Å²) >= 11 is 1.63. The SMILES string of the molecule is CC(C)c1nc(CNC(=O)c2ncoc2C2CC2)cs1. The van der Waals surface area contributed by atoms with Gasteiger partial charge in [-0.05, 0) is 12.8 Å². The average Bonchev–Trinajstić information content (AvgIpc) is 2.98. The summed E-state index contributed by atoms with van der Waals surface area (Å²) in [6.45, 7) is 4.65. The molecule has 0 atom stereocenters. The first kappa shape index (κ1) is 13.3. The van der Waals surface area contributed by atoms with Crippen LogP contribution in [0.4, 0.5) is 0 Å². The van der Waals surface area contributed by atoms with Crippen LogP contribution in [0.15, 0.2) is 16.2 Å². The topological polar surface area (TPSA) is 68.0 Å². The summed E-state index contributed by atoms with van der Waals surface area (Å²) in [5, 5.41) is 5.94. The molecule has 0 saturated heterocycles. The summed E-state index contributed by atoms with van der Waals surface area (Å²) in [7, 11) is 0. The number of rotatable bonds is 5. The molecule has 2 aromatic rings. The molecule has 1 fully saturated rings. The molecule has 1 aliphatic rings. The lowest BCUT2D eigenvalue weighted by molar-refractivity contribution is 0.0944. The molecular weight excluding hydrogens is 274 g/mol. The normalized spacial score (nSPS) is 14.8. The smallest absolute Gasteiger partial charge is 0.273 e. The van der Waals surface area contributed by atoms with E-state index in [-0.39, 0.29) is 5.91 Å². The molecule has 2 heterocycles. The van der Waals surface area contributed by atoms with Crippen LogP contribution >= 0.6 is 11.3 Å². The van der Waals surface area contributed by atoms with Crippen LogP contribution in [0.2, 0.25) is 0 Å². The number of hydrogen-bond donors (Lipinski definition) is 1. The highest BCUT2D eigenvalue weighted by Crippen LogP contribution is 2.41. The summed E-state index contributed by atoms with van der Waals surface area (Å²) in [6, 6.07) is 0. The summed E-state index contributed by atoms with van der Waals surface area (Å²) < 4.78 is 5.31. The van der Waals surface area contributed by atoms with Crippen molar-refractivity contribution in [1.82, 2.24) is 15.3 Å². The van der Waals surface area contributed by atoms with Crippen LogP contribution in [-0.4, -0.2) is 15.9 Å². The molecule has 0 radical (unpaired) electrons. The highest BCUT2D eigenvalue weighted by atomic mass is 32.1. The van der Waals surface area contributed by atoms with E-state index in [1.165, 1.54) is 6.39 Å². The Morgan fingerprint density at radius 2 is 2.35 bits per heavy atom. The minimum absolute atomic E-state index is 0.181. The second kappa shape index (κ2) is 5.36. The van der Waals surface area contributed by atoms with Crippen molar-refractivity contribution in [2.24, 2.45) is 0 Å². The third-order valence-corrected chi connectivity index (χ3v) is 4.45. The molecule has 1 saturated carbocycles. The Morgan fingerprint density at radius 3 is 3.00 bits per heavy atom. The number of carbonyl (C=O) groups excluding carboxylic acids is 1. The number of aromatic nitrogens is 2. The van der Waals surface area contributed by atoms with Crippen molar-refractivity contribution in [2.45, 2.75) is 45.1 Å². The third-order valence-electron chi connectivity index (χ3n) is 3.25. The second-order valence-electron chi connectivity index (χ2n) is 5.35. The van der Waals surface area contributed by atoms with Gasteiger partial charge in [0.2, 0.25) is 0 Å². The van der Waals surface area contributed by atoms with Crippen molar-refractivity contribution >= 4 is 17.2 Å². The number of nitrogens with zero attached hydrogens (tertiary/aromatic N) is 2. The number of nitrogens with one attached hydrogen (secondary N) is 1. The Balaban J connectivity index is 1.62. The number of amides is 1. The van der Waals surface area contributed by atoms with E-state index in [1.807, 2.05) is 5.38 Å². The molecule has 0 aromatic carbocycles. The molecule has 1 N–H and O–H groups in total. The zero-order valence-corrected chi connectivity index (χ0v) is 12.4. The van der Waals surface area contributed by atoms with E-state index in [2.05, 4.69) is 29.1 Å². The van der Waals surface area contributed by atoms with Gasteiger partial charge in [0.25, 0.3) is 5.91 Å². The van der Waals surface area contributed by atoms with E-state index in [1.54, 1.807) is 11.3 Å². The van der Waals surface area contributed by atoms with Crippen LogP contribution in [-0.2, 0) is 6.54 Å². The van der Waals surface area contributed by atoms with Gasteiger partial charge in [-0.2, -0.15) is 0 Å². The lowest BCUT2D eigenvalue weighted by Gasteiger charge is -2.02. The quantitative estimate of drug-likeness (QED) is 0.919. The lowest BCUT2D eigenvalue weighted by atomic mass is 10.2. The number of hydrogen-bond acceptors (Lipinski definition) is 5. The van der Waals surface area contributed by atoms with E-state index >= 15 is 0 Å². The number of thiazole rings is 1. The molecule has 1 aliphatic carbocycles. The maximum Gasteiger partial charge on any atom is 0.273 e. The molecular formula is C14H17N3O2S. The molecule has 0 spiro atoms. The summed E-state index contributed by atoms with van der Waals surface area (Å²) in [5.74, 6) is 1.34. The van der Waals surface area contributed by atoms with Crippen LogP contribution in [0, 0.1) is 0 Å². The van der Waals surface area contributed by atoms with Gasteiger partial charge in [-0.15, -0.1) is 11.3 Å². The fourth-order valence-corrected chi connectivity index (χ4v) is 2.82. The van der Waals surface area contributed by atoms with Gasteiger partial charge in [-0.3, -0.25) is 4.79 Å². The molecule has 0 aliphatic heterocycles. The van der Waals surface area contributed by atoms with E-state index < -0.39 is 0 Å². The molecule has 3 rings (SSSR count). The van der Waals surface area contributed by atoms with Crippen LogP contribution in [0.3, 0.4) is 0 Å². The van der Waals surface area contributed by atoms with Crippen molar-refractivity contribution in [3.05, 3.63) is 33.9 Å². The van der Waals surface area contributed by atoms with E-state index in [0.29, 0.717) is 24.1 Å². The third kappa shape index (κ3) is 2.75. The van der Waals surface area contributed by atoms with Crippen molar-refractivity contribution in [3.63, 3.8) is 0 Å². The number of oxazole rings is 1. The molecule has 106 valence electrons. The van der Waals surface area contributed by atoms with Crippen LogP contribution in [0.25, 0.3) is 0 Å². The van der Waals surface area contributed by atoms with Gasteiger partial charge in [0.05, 0.1) is 17.2 Å². The maximum absolute atomic E-state index is 12.1. The van der Waals surface area contributed by atoms with Crippen LogP contribution in [0.5, 0.6) is 0 Å². The van der Waals surface area contributed by atoms with E-state index in [9.17, 15) is 4.79 Å². The highest BCUT2D eigenvalue weighted by molar-refractivity contribution is 7.09. The van der Waals surface area contributed by atoms with Gasteiger partial charge in [0, 0.05) is 17.2 Å². The largest absolute Gasteiger partial charge is 0.447 e. The van der Waals surface area contributed by atoms with Crippen LogP contribution < -0.4 is 5.32 Å². The number of carbonyl (C=O) groups is 1. The minimum Gasteiger partial charge on any atom is -0.447 e. The van der Waals surface area contributed by atoms with Gasteiger partial charge >= 0.3 is 0 Å². The van der Waals surface area contributed by atoms with Gasteiger partial charge in [-0.25, -0.2) is 9.97 Å². The fourth-order valence-electron chi connectivity index (χ4n) is 1.98. The molecule has 20 heavy (non-hydrogen) atoms. The zero-order chi connectivity index (χ0) is 14.1. The monoisotopic (exact) mass is 291 g/mol. The van der Waals surface area contributed by atoms with Crippen molar-refractivity contribution in [2.75, 3.05) is 0 Å². The Labute approximate surface area is 121 Å². The molecule has 0 bridgehead atoms. The van der Waals surface area contributed by atoms with E-state index in [0.717, 1.165) is 29.3 Å². The first-order chi connectivity index (χ1) is 9.65. The van der Waals surface area contributed by atoms with Crippen molar-refractivity contribution in [1.29, 1.82) is 0 Å². The Hall–Kier alpha value is -1.69. The molecule has 2 aromatic heterocycles. The lowest BCUT2D eigenvalue weighted by Crippen LogP contribution is -2.24. The van der Waals surface area contributed by atoms with Gasteiger partial charge < -0.3 is 9.73 Å². The maximum atomic E-state index is 12.1. The van der Waals surface area contributed by atoms with Gasteiger partial charge in [-0.1, -0.05) is 13.8 Å². The first-order valence-corrected chi connectivity index (χ1v) is 7.69. The Morgan fingerprint density at radius 1 is 1.55 bits per heavy atom. The Bertz CT molecular complexity index is 613. The second-order valence-corrected chi connectivity index (χ2v) is 6.24. The average molecular weight is 291 g/mol. The minimum atomic E-state index is -0.181. The predicted molar refractivity (Wildman–Crippen MR) is 75.9 cm³/mol. The summed E-state index contributed by atoms with van der Waals surface area (Å²) in [4.78, 5) is 20.6. The zero-order valence-electron chi connectivity index (χ0n) is 11.5. The molecule has 1 amide bonds. The predicted octanol–water partition coefficient (Wildman–Crippen LogP) is 3.06. The highest BCUT2D eigenvalue weighted by Gasteiger charge is 2.32. The standard InChI is InChI=1S/C14H17N3O2S/c1-8(2)14-17-10(6-20-14)5-15-13(18)11-12(9-3-4-9)19-7-16-11/h6-9H,3-5H2,1-2H3,(H,15,18). The molecule has 5 nitrogen and oxygen atoms in total. The molecule has 0 unspecified atom stereocenters. The van der Waals surface area contributed by atoms with Crippen molar-refractivity contribution < 1.29 is 9.21 Å².